The first-order chi connectivity index (χ1) is 14.3. The van der Waals surface area contributed by atoms with Crippen molar-refractivity contribution in [3.8, 4) is 0 Å². The Morgan fingerprint density at radius 1 is 1.00 bits per heavy atom. The van der Waals surface area contributed by atoms with Crippen LogP contribution in [0, 0.1) is 3.57 Å². The van der Waals surface area contributed by atoms with E-state index in [0.29, 0.717) is 0 Å². The van der Waals surface area contributed by atoms with Gasteiger partial charge in [0, 0.05) is 9.99 Å². The molecule has 0 saturated carbocycles. The van der Waals surface area contributed by atoms with Crippen molar-refractivity contribution in [2.75, 3.05) is 0 Å². The molecule has 2 aromatic rings. The molecule has 2 amide bonds. The minimum absolute atomic E-state index is 0.00855. The molecule has 0 spiro atoms. The van der Waals surface area contributed by atoms with Crippen LogP contribution in [0.4, 0.5) is 4.79 Å². The van der Waals surface area contributed by atoms with E-state index >= 15 is 0 Å². The van der Waals surface area contributed by atoms with Gasteiger partial charge in [0.1, 0.15) is 18.7 Å². The van der Waals surface area contributed by atoms with Gasteiger partial charge in [0.25, 0.3) is 0 Å². The number of carbonyl (C=O) groups excluding carboxylic acids is 2. The largest absolute Gasteiger partial charge is 0.480 e. The number of amides is 2. The van der Waals surface area contributed by atoms with Crippen molar-refractivity contribution in [1.29, 1.82) is 0 Å². The zero-order valence-electron chi connectivity index (χ0n) is 16.2. The maximum atomic E-state index is 12.5. The minimum atomic E-state index is -1.37. The second kappa shape index (κ2) is 11.5. The lowest BCUT2D eigenvalue weighted by atomic mass is 10.0. The summed E-state index contributed by atoms with van der Waals surface area (Å²) < 4.78 is 6.06. The maximum Gasteiger partial charge on any atom is 0.408 e. The Hall–Kier alpha value is -2.66. The van der Waals surface area contributed by atoms with Gasteiger partial charge in [0.15, 0.2) is 0 Å². The zero-order chi connectivity index (χ0) is 22.1. The molecule has 2 rings (SSSR count). The van der Waals surface area contributed by atoms with Crippen LogP contribution in [-0.2, 0) is 27.4 Å². The van der Waals surface area contributed by atoms with Gasteiger partial charge in [-0.3, -0.25) is 4.79 Å². The van der Waals surface area contributed by atoms with Gasteiger partial charge in [-0.1, -0.05) is 42.5 Å². The van der Waals surface area contributed by atoms with Crippen molar-refractivity contribution >= 4 is 40.6 Å². The number of carbonyl (C=O) groups is 3. The maximum absolute atomic E-state index is 12.5. The summed E-state index contributed by atoms with van der Waals surface area (Å²) in [5.41, 5.74) is 1.49. The number of hydrogen-bond donors (Lipinski definition) is 4. The van der Waals surface area contributed by atoms with E-state index in [-0.39, 0.29) is 13.0 Å². The Morgan fingerprint density at radius 3 is 2.20 bits per heavy atom. The molecule has 0 radical (unpaired) electrons. The van der Waals surface area contributed by atoms with Crippen molar-refractivity contribution in [2.24, 2.45) is 0 Å². The molecule has 0 aromatic heterocycles. The average Bonchev–Trinajstić information content (AvgIpc) is 2.71. The molecule has 0 bridgehead atoms. The molecule has 8 nitrogen and oxygen atoms in total. The summed E-state index contributed by atoms with van der Waals surface area (Å²) in [6, 6.07) is 13.6. The Kier molecular flexibility index (Phi) is 9.06. The Morgan fingerprint density at radius 2 is 1.63 bits per heavy atom. The molecular formula is C21H23IN2O6. The summed E-state index contributed by atoms with van der Waals surface area (Å²) in [6.45, 7) is 1.31. The molecular weight excluding hydrogens is 503 g/mol. The number of halogens is 1. The number of rotatable bonds is 9. The molecule has 9 heteroatoms. The first kappa shape index (κ1) is 23.6. The quantitative estimate of drug-likeness (QED) is 0.371. The lowest BCUT2D eigenvalue weighted by molar-refractivity contribution is -0.142. The monoisotopic (exact) mass is 526 g/mol. The van der Waals surface area contributed by atoms with Crippen molar-refractivity contribution in [2.45, 2.75) is 38.1 Å². The average molecular weight is 526 g/mol. The molecule has 0 heterocycles. The lowest BCUT2D eigenvalue weighted by Gasteiger charge is -2.23. The van der Waals surface area contributed by atoms with Gasteiger partial charge in [-0.15, -0.1) is 0 Å². The van der Waals surface area contributed by atoms with Gasteiger partial charge in [-0.05, 0) is 52.8 Å². The first-order valence-electron chi connectivity index (χ1n) is 9.19. The van der Waals surface area contributed by atoms with Gasteiger partial charge in [-0.2, -0.15) is 0 Å². The molecule has 0 fully saturated rings. The molecule has 2 aromatic carbocycles. The number of aliphatic hydroxyl groups excluding tert-OH is 1. The number of ether oxygens (including phenoxy) is 1. The SMILES string of the molecule is C[C@@H](O)[C@H](NC(=O)OCc1ccccc1)C(=O)N[C@H](Cc1ccc(I)cc1)C(=O)O. The highest BCUT2D eigenvalue weighted by Gasteiger charge is 2.30. The lowest BCUT2D eigenvalue weighted by Crippen LogP contribution is -2.56. The van der Waals surface area contributed by atoms with Crippen LogP contribution in [0.2, 0.25) is 0 Å². The van der Waals surface area contributed by atoms with Crippen LogP contribution in [0.25, 0.3) is 0 Å². The minimum Gasteiger partial charge on any atom is -0.480 e. The van der Waals surface area contributed by atoms with Gasteiger partial charge >= 0.3 is 12.1 Å². The fraction of sp³-hybridized carbons (Fsp3) is 0.286. The highest BCUT2D eigenvalue weighted by molar-refractivity contribution is 14.1. The van der Waals surface area contributed by atoms with E-state index in [1.807, 2.05) is 18.2 Å². The Bertz CT molecular complexity index is 858. The van der Waals surface area contributed by atoms with E-state index in [9.17, 15) is 24.6 Å². The second-order valence-corrected chi connectivity index (χ2v) is 7.90. The van der Waals surface area contributed by atoms with Crippen molar-refractivity contribution in [3.05, 3.63) is 69.3 Å². The van der Waals surface area contributed by atoms with E-state index < -0.39 is 36.2 Å². The number of nitrogens with one attached hydrogen (secondary N) is 2. The number of aliphatic carboxylic acids is 1. The van der Waals surface area contributed by atoms with E-state index in [1.165, 1.54) is 6.92 Å². The van der Waals surface area contributed by atoms with E-state index in [0.717, 1.165) is 14.7 Å². The summed E-state index contributed by atoms with van der Waals surface area (Å²) in [5.74, 6) is -2.04. The summed E-state index contributed by atoms with van der Waals surface area (Å²) in [7, 11) is 0. The second-order valence-electron chi connectivity index (χ2n) is 6.65. The van der Waals surface area contributed by atoms with E-state index in [4.69, 9.17) is 4.74 Å². The summed E-state index contributed by atoms with van der Waals surface area (Å²) in [4.78, 5) is 36.2. The van der Waals surface area contributed by atoms with Crippen LogP contribution in [0.1, 0.15) is 18.1 Å². The number of benzene rings is 2. The Balaban J connectivity index is 1.97. The standard InChI is InChI=1S/C21H23IN2O6/c1-13(25)18(24-21(29)30-12-15-5-3-2-4-6-15)19(26)23-17(20(27)28)11-14-7-9-16(22)10-8-14/h2-10,13,17-18,25H,11-12H2,1H3,(H,23,26)(H,24,29)(H,27,28)/t13-,17-,18+/m1/s1. The van der Waals surface area contributed by atoms with E-state index in [1.54, 1.807) is 36.4 Å². The predicted octanol–water partition coefficient (Wildman–Crippen LogP) is 2.08. The van der Waals surface area contributed by atoms with Crippen molar-refractivity contribution in [3.63, 3.8) is 0 Å². The van der Waals surface area contributed by atoms with Crippen molar-refractivity contribution < 1.29 is 29.3 Å². The summed E-state index contributed by atoms with van der Waals surface area (Å²) in [6.07, 6.45) is -2.10. The molecule has 160 valence electrons. The topological polar surface area (TPSA) is 125 Å². The smallest absolute Gasteiger partial charge is 0.408 e. The fourth-order valence-corrected chi connectivity index (χ4v) is 2.97. The molecule has 4 N–H and O–H groups in total. The number of alkyl carbamates (subject to hydrolysis) is 1. The molecule has 3 atom stereocenters. The molecule has 0 aliphatic carbocycles. The number of carboxylic acids is 1. The van der Waals surface area contributed by atoms with Crippen molar-refractivity contribution in [1.82, 2.24) is 10.6 Å². The zero-order valence-corrected chi connectivity index (χ0v) is 18.4. The molecule has 0 unspecified atom stereocenters. The van der Waals surface area contributed by atoms with Gasteiger partial charge in [0.2, 0.25) is 5.91 Å². The van der Waals surface area contributed by atoms with E-state index in [2.05, 4.69) is 33.2 Å². The normalized spacial score (nSPS) is 13.6. The third kappa shape index (κ3) is 7.64. The van der Waals surface area contributed by atoms with Crippen LogP contribution in [0.3, 0.4) is 0 Å². The van der Waals surface area contributed by atoms with Gasteiger partial charge in [0.05, 0.1) is 6.10 Å². The van der Waals surface area contributed by atoms with Crippen LogP contribution >= 0.6 is 22.6 Å². The van der Waals surface area contributed by atoms with Gasteiger partial charge < -0.3 is 25.6 Å². The highest BCUT2D eigenvalue weighted by Crippen LogP contribution is 2.10. The summed E-state index contributed by atoms with van der Waals surface area (Å²) >= 11 is 2.13. The predicted molar refractivity (Wildman–Crippen MR) is 118 cm³/mol. The number of aliphatic hydroxyl groups is 1. The van der Waals surface area contributed by atoms with Crippen LogP contribution in [-0.4, -0.2) is 46.4 Å². The third-order valence-corrected chi connectivity index (χ3v) is 4.94. The van der Waals surface area contributed by atoms with Crippen LogP contribution < -0.4 is 10.6 Å². The number of carboxylic acid groups (broad SMARTS) is 1. The fourth-order valence-electron chi connectivity index (χ4n) is 2.61. The van der Waals surface area contributed by atoms with Crippen LogP contribution in [0.5, 0.6) is 0 Å². The summed E-state index contributed by atoms with van der Waals surface area (Å²) in [5, 5.41) is 24.0. The Labute approximate surface area is 187 Å². The molecule has 0 aliphatic heterocycles. The van der Waals surface area contributed by atoms with Crippen LogP contribution in [0.15, 0.2) is 54.6 Å². The molecule has 0 aliphatic rings. The molecule has 0 saturated heterocycles. The first-order valence-corrected chi connectivity index (χ1v) is 10.3. The third-order valence-electron chi connectivity index (χ3n) is 4.22. The molecule has 30 heavy (non-hydrogen) atoms. The number of hydrogen-bond acceptors (Lipinski definition) is 5. The highest BCUT2D eigenvalue weighted by atomic mass is 127. The van der Waals surface area contributed by atoms with Gasteiger partial charge in [-0.25, -0.2) is 9.59 Å².